The molecule has 2 aliphatic heterocycles. The second-order valence-corrected chi connectivity index (χ2v) is 9.97. The van der Waals surface area contributed by atoms with Crippen LogP contribution in [0.4, 0.5) is 20.2 Å². The predicted octanol–water partition coefficient (Wildman–Crippen LogP) is 5.91. The van der Waals surface area contributed by atoms with E-state index in [1.54, 1.807) is 0 Å². The van der Waals surface area contributed by atoms with Crippen LogP contribution in [-0.4, -0.2) is 20.5 Å². The van der Waals surface area contributed by atoms with Gasteiger partial charge in [-0.2, -0.15) is 0 Å². The Hall–Kier alpha value is -1.56. The van der Waals surface area contributed by atoms with Gasteiger partial charge in [0.15, 0.2) is 8.64 Å². The lowest BCUT2D eigenvalue weighted by Gasteiger charge is -2.15. The molecule has 2 aliphatic rings. The summed E-state index contributed by atoms with van der Waals surface area (Å²) in [5.41, 5.74) is 0.555. The first kappa shape index (κ1) is 21.7. The topological polar surface area (TPSA) is 40.6 Å². The quantitative estimate of drug-likeness (QED) is 0.363. The number of nitrogens with zero attached hydrogens (tertiary/aromatic N) is 2. The number of hydrogen-bond acceptors (Lipinski definition) is 6. The van der Waals surface area contributed by atoms with Gasteiger partial charge in [-0.25, -0.2) is 8.78 Å². The maximum absolute atomic E-state index is 13.5. The molecular formula is C18H6Cl2F2N2O2S4. The number of thioether (sulfide) groups is 2. The molecule has 2 aromatic rings. The first-order valence-corrected chi connectivity index (χ1v) is 11.2. The van der Waals surface area contributed by atoms with Crippen LogP contribution in [-0.2, 0) is 9.59 Å². The third kappa shape index (κ3) is 3.65. The van der Waals surface area contributed by atoms with Gasteiger partial charge in [0.2, 0.25) is 0 Å². The minimum Gasteiger partial charge on any atom is -0.268 e. The summed E-state index contributed by atoms with van der Waals surface area (Å²) >= 11 is 24.0. The summed E-state index contributed by atoms with van der Waals surface area (Å²) in [5, 5.41) is -0.331. The third-order valence-electron chi connectivity index (χ3n) is 4.07. The molecule has 152 valence electrons. The van der Waals surface area contributed by atoms with Crippen molar-refractivity contribution in [3.63, 3.8) is 0 Å². The number of hydrogen-bond donors (Lipinski definition) is 0. The van der Waals surface area contributed by atoms with Gasteiger partial charge >= 0.3 is 0 Å². The Bertz CT molecular complexity index is 1110. The van der Waals surface area contributed by atoms with Gasteiger partial charge in [0.25, 0.3) is 11.8 Å². The minimum atomic E-state index is -0.635. The second kappa shape index (κ2) is 8.18. The summed E-state index contributed by atoms with van der Waals surface area (Å²) in [7, 11) is 0. The van der Waals surface area contributed by atoms with Gasteiger partial charge in [-0.05, 0) is 36.4 Å². The summed E-state index contributed by atoms with van der Waals surface area (Å²) in [4.78, 5) is 28.6. The summed E-state index contributed by atoms with van der Waals surface area (Å²) in [6.45, 7) is 0. The molecule has 0 spiro atoms. The monoisotopic (exact) mass is 518 g/mol. The van der Waals surface area contributed by atoms with Gasteiger partial charge in [-0.15, -0.1) is 0 Å². The Morgan fingerprint density at radius 1 is 0.733 bits per heavy atom. The highest BCUT2D eigenvalue weighted by atomic mass is 35.5. The number of carbonyl (C=O) groups excluding carboxylic acids is 2. The van der Waals surface area contributed by atoms with Crippen LogP contribution in [0.15, 0.2) is 46.2 Å². The predicted molar refractivity (Wildman–Crippen MR) is 125 cm³/mol. The zero-order valence-electron chi connectivity index (χ0n) is 14.3. The molecule has 2 saturated heterocycles. The lowest BCUT2D eigenvalue weighted by atomic mass is 10.2. The van der Waals surface area contributed by atoms with E-state index in [4.69, 9.17) is 47.6 Å². The van der Waals surface area contributed by atoms with Crippen LogP contribution in [0.3, 0.4) is 0 Å². The average molecular weight is 519 g/mol. The largest absolute Gasteiger partial charge is 0.272 e. The Labute approximate surface area is 198 Å². The number of thiocarbonyl (C=S) groups is 2. The van der Waals surface area contributed by atoms with Gasteiger partial charge in [0.05, 0.1) is 31.2 Å². The number of halogens is 4. The first-order valence-electron chi connectivity index (χ1n) is 7.96. The van der Waals surface area contributed by atoms with Crippen LogP contribution >= 0.6 is 71.2 Å². The number of rotatable bonds is 2. The molecule has 2 heterocycles. The molecule has 2 fully saturated rings. The molecule has 0 unspecified atom stereocenters. The molecule has 4 rings (SSSR count). The fraction of sp³-hybridized carbons (Fsp3) is 0. The van der Waals surface area contributed by atoms with E-state index in [2.05, 4.69) is 0 Å². The van der Waals surface area contributed by atoms with Crippen molar-refractivity contribution < 1.29 is 18.4 Å². The van der Waals surface area contributed by atoms with Crippen molar-refractivity contribution in [1.29, 1.82) is 0 Å². The van der Waals surface area contributed by atoms with E-state index in [1.165, 1.54) is 34.1 Å². The van der Waals surface area contributed by atoms with Crippen LogP contribution in [0.2, 0.25) is 10.0 Å². The highest BCUT2D eigenvalue weighted by Gasteiger charge is 2.43. The SMILES string of the molecule is O=C1C(=C2SC(=S)N(c3ccc(F)c(Cl)c3)C2=O)SC(=S)N1c1ccc(F)c(Cl)c1. The zero-order valence-corrected chi connectivity index (χ0v) is 19.1. The molecule has 2 aromatic carbocycles. The van der Waals surface area contributed by atoms with Gasteiger partial charge < -0.3 is 0 Å². The van der Waals surface area contributed by atoms with Gasteiger partial charge in [-0.3, -0.25) is 19.4 Å². The first-order chi connectivity index (χ1) is 14.2. The number of benzene rings is 2. The Kier molecular flexibility index (Phi) is 5.90. The standard InChI is InChI=1S/C18H6Cl2F2N2O2S4/c19-9-5-7(1-3-11(9)21)23-15(25)13(29-17(23)27)14-16(26)24(18(28)30-14)8-2-4-12(22)10(20)6-8/h1-6H. The summed E-state index contributed by atoms with van der Waals surface area (Å²) < 4.78 is 27.3. The van der Waals surface area contributed by atoms with Crippen molar-refractivity contribution >= 4 is 103 Å². The molecule has 0 saturated carbocycles. The van der Waals surface area contributed by atoms with Crippen LogP contribution in [0.25, 0.3) is 0 Å². The Morgan fingerprint density at radius 2 is 1.10 bits per heavy atom. The van der Waals surface area contributed by atoms with Crippen molar-refractivity contribution in [3.05, 3.63) is 67.9 Å². The lowest BCUT2D eigenvalue weighted by Crippen LogP contribution is -2.29. The van der Waals surface area contributed by atoms with E-state index < -0.39 is 23.4 Å². The van der Waals surface area contributed by atoms with Crippen LogP contribution in [0, 0.1) is 11.6 Å². The molecule has 0 atom stereocenters. The third-order valence-corrected chi connectivity index (χ3v) is 7.52. The minimum absolute atomic E-state index is 0.0912. The maximum atomic E-state index is 13.5. The fourth-order valence-electron chi connectivity index (χ4n) is 2.70. The lowest BCUT2D eigenvalue weighted by molar-refractivity contribution is -0.115. The maximum Gasteiger partial charge on any atom is 0.272 e. The van der Waals surface area contributed by atoms with Gasteiger partial charge in [-0.1, -0.05) is 71.2 Å². The van der Waals surface area contributed by atoms with E-state index in [0.29, 0.717) is 0 Å². The van der Waals surface area contributed by atoms with Crippen molar-refractivity contribution in [3.8, 4) is 0 Å². The summed E-state index contributed by atoms with van der Waals surface area (Å²) in [6, 6.07) is 7.51. The number of amides is 2. The van der Waals surface area contributed by atoms with Crippen molar-refractivity contribution in [2.24, 2.45) is 0 Å². The molecule has 0 aromatic heterocycles. The molecule has 0 N–H and O–H groups in total. The number of carbonyl (C=O) groups is 2. The van der Waals surface area contributed by atoms with E-state index in [1.807, 2.05) is 0 Å². The molecule has 0 aliphatic carbocycles. The molecule has 2 amide bonds. The van der Waals surface area contributed by atoms with Crippen molar-refractivity contribution in [1.82, 2.24) is 0 Å². The molecule has 30 heavy (non-hydrogen) atoms. The molecule has 0 radical (unpaired) electrons. The Balaban J connectivity index is 1.71. The molecule has 12 heteroatoms. The molecule has 0 bridgehead atoms. The van der Waals surface area contributed by atoms with Crippen LogP contribution < -0.4 is 9.80 Å². The highest BCUT2D eigenvalue weighted by Crippen LogP contribution is 2.45. The van der Waals surface area contributed by atoms with Gasteiger partial charge in [0, 0.05) is 0 Å². The highest BCUT2D eigenvalue weighted by molar-refractivity contribution is 8.30. The van der Waals surface area contributed by atoms with E-state index in [0.717, 1.165) is 35.7 Å². The summed E-state index contributed by atoms with van der Waals surface area (Å²) in [6.07, 6.45) is 0. The van der Waals surface area contributed by atoms with Crippen molar-refractivity contribution in [2.45, 2.75) is 0 Å². The van der Waals surface area contributed by atoms with E-state index in [9.17, 15) is 18.4 Å². The second-order valence-electron chi connectivity index (χ2n) is 5.87. The molecule has 4 nitrogen and oxygen atoms in total. The Morgan fingerprint density at radius 3 is 1.43 bits per heavy atom. The molecular weight excluding hydrogens is 513 g/mol. The zero-order chi connectivity index (χ0) is 21.7. The van der Waals surface area contributed by atoms with E-state index >= 15 is 0 Å². The van der Waals surface area contributed by atoms with Crippen LogP contribution in [0.1, 0.15) is 0 Å². The van der Waals surface area contributed by atoms with E-state index in [-0.39, 0.29) is 39.9 Å². The van der Waals surface area contributed by atoms with Gasteiger partial charge in [0.1, 0.15) is 11.6 Å². The smallest absolute Gasteiger partial charge is 0.268 e. The normalized spacial score (nSPS) is 19.5. The average Bonchev–Trinajstić information content (AvgIpc) is 3.15. The number of anilines is 2. The fourth-order valence-corrected chi connectivity index (χ4v) is 5.80. The summed E-state index contributed by atoms with van der Waals surface area (Å²) in [5.74, 6) is -2.37. The van der Waals surface area contributed by atoms with Crippen molar-refractivity contribution in [2.75, 3.05) is 9.80 Å². The van der Waals surface area contributed by atoms with Crippen LogP contribution in [0.5, 0.6) is 0 Å².